The van der Waals surface area contributed by atoms with Crippen molar-refractivity contribution in [2.45, 2.75) is 50.7 Å². The monoisotopic (exact) mass is 363 g/mol. The zero-order chi connectivity index (χ0) is 18.5. The van der Waals surface area contributed by atoms with Crippen LogP contribution in [0.3, 0.4) is 0 Å². The first-order chi connectivity index (χ1) is 12.5. The molecule has 26 heavy (non-hydrogen) atoms. The van der Waals surface area contributed by atoms with E-state index in [0.29, 0.717) is 12.8 Å². The largest absolute Gasteiger partial charge is 0.490 e. The molecule has 1 N–H and O–H groups in total. The normalized spacial score (nSPS) is 20.0. The summed E-state index contributed by atoms with van der Waals surface area (Å²) in [7, 11) is 1.86. The van der Waals surface area contributed by atoms with Crippen LogP contribution in [0.25, 0.3) is 0 Å². The standard InChI is InChI=1S/C19H23F2N3O2/c1-24-16(8-9-22-24)4-7-19(25)23-15-2-5-17(6-3-15)26-18-11-13(20)10-14(21)12-18/h8-12,15,17H,2-7H2,1H3,(H,23,25). The van der Waals surface area contributed by atoms with Crippen molar-refractivity contribution in [1.29, 1.82) is 0 Å². The van der Waals surface area contributed by atoms with E-state index in [1.54, 1.807) is 10.9 Å². The first-order valence-corrected chi connectivity index (χ1v) is 8.88. The summed E-state index contributed by atoms with van der Waals surface area (Å²) in [4.78, 5) is 12.1. The molecule has 1 aliphatic rings. The van der Waals surface area contributed by atoms with Gasteiger partial charge in [0.05, 0.1) is 6.10 Å². The highest BCUT2D eigenvalue weighted by Crippen LogP contribution is 2.25. The van der Waals surface area contributed by atoms with Crippen molar-refractivity contribution in [3.05, 3.63) is 47.8 Å². The Kier molecular flexibility index (Phi) is 5.85. The number of amides is 1. The van der Waals surface area contributed by atoms with Crippen molar-refractivity contribution in [3.63, 3.8) is 0 Å². The van der Waals surface area contributed by atoms with Crippen LogP contribution < -0.4 is 10.1 Å². The minimum absolute atomic E-state index is 0.0303. The molecule has 5 nitrogen and oxygen atoms in total. The van der Waals surface area contributed by atoms with E-state index >= 15 is 0 Å². The van der Waals surface area contributed by atoms with Gasteiger partial charge in [0, 0.05) is 49.6 Å². The topological polar surface area (TPSA) is 56.2 Å². The summed E-state index contributed by atoms with van der Waals surface area (Å²) in [6.45, 7) is 0. The van der Waals surface area contributed by atoms with Crippen molar-refractivity contribution < 1.29 is 18.3 Å². The molecule has 1 aliphatic carbocycles. The molecule has 0 spiro atoms. The molecule has 0 atom stereocenters. The average Bonchev–Trinajstić information content (AvgIpc) is 2.99. The smallest absolute Gasteiger partial charge is 0.220 e. The molecule has 1 aromatic carbocycles. The molecule has 0 unspecified atom stereocenters. The predicted octanol–water partition coefficient (Wildman–Crippen LogP) is 3.14. The summed E-state index contributed by atoms with van der Waals surface area (Å²) in [5, 5.41) is 7.15. The number of ether oxygens (including phenoxy) is 1. The minimum Gasteiger partial charge on any atom is -0.490 e. The number of carbonyl (C=O) groups is 1. The third-order valence-electron chi connectivity index (χ3n) is 4.71. The quantitative estimate of drug-likeness (QED) is 0.858. The zero-order valence-electron chi connectivity index (χ0n) is 14.8. The highest BCUT2D eigenvalue weighted by molar-refractivity contribution is 5.76. The van der Waals surface area contributed by atoms with Crippen LogP contribution >= 0.6 is 0 Å². The first-order valence-electron chi connectivity index (χ1n) is 8.88. The Labute approximate surface area is 151 Å². The van der Waals surface area contributed by atoms with Crippen LogP contribution in [0.15, 0.2) is 30.5 Å². The van der Waals surface area contributed by atoms with Gasteiger partial charge in [-0.15, -0.1) is 0 Å². The second kappa shape index (κ2) is 8.29. The molecule has 2 aromatic rings. The van der Waals surface area contributed by atoms with E-state index < -0.39 is 11.6 Å². The maximum Gasteiger partial charge on any atom is 0.220 e. The van der Waals surface area contributed by atoms with E-state index in [1.807, 2.05) is 13.1 Å². The summed E-state index contributed by atoms with van der Waals surface area (Å²) < 4.78 is 33.9. The number of nitrogens with one attached hydrogen (secondary N) is 1. The summed E-state index contributed by atoms with van der Waals surface area (Å²) in [5.41, 5.74) is 1.03. The Morgan fingerprint density at radius 3 is 2.54 bits per heavy atom. The average molecular weight is 363 g/mol. The Morgan fingerprint density at radius 2 is 1.92 bits per heavy atom. The molecule has 140 valence electrons. The van der Waals surface area contributed by atoms with Crippen LogP contribution in [0.1, 0.15) is 37.8 Å². The summed E-state index contributed by atoms with van der Waals surface area (Å²) >= 11 is 0. The van der Waals surface area contributed by atoms with Gasteiger partial charge in [-0.25, -0.2) is 8.78 Å². The highest BCUT2D eigenvalue weighted by atomic mass is 19.1. The lowest BCUT2D eigenvalue weighted by molar-refractivity contribution is -0.122. The Hall–Kier alpha value is -2.44. The molecular weight excluding hydrogens is 340 g/mol. The van der Waals surface area contributed by atoms with Gasteiger partial charge in [0.2, 0.25) is 5.91 Å². The molecule has 7 heteroatoms. The molecule has 1 heterocycles. The molecule has 0 aliphatic heterocycles. The van der Waals surface area contributed by atoms with Gasteiger partial charge in [0.15, 0.2) is 0 Å². The fourth-order valence-electron chi connectivity index (χ4n) is 3.30. The molecule has 1 amide bonds. The second-order valence-corrected chi connectivity index (χ2v) is 6.71. The SMILES string of the molecule is Cn1nccc1CCC(=O)NC1CCC(Oc2cc(F)cc(F)c2)CC1. The fourth-order valence-corrected chi connectivity index (χ4v) is 3.30. The number of halogens is 2. The van der Waals surface area contributed by atoms with Crippen LogP contribution in [0.2, 0.25) is 0 Å². The van der Waals surface area contributed by atoms with Crippen LogP contribution in [0, 0.1) is 11.6 Å². The highest BCUT2D eigenvalue weighted by Gasteiger charge is 2.24. The molecule has 0 radical (unpaired) electrons. The minimum atomic E-state index is -0.644. The van der Waals surface area contributed by atoms with Gasteiger partial charge in [-0.1, -0.05) is 0 Å². The van der Waals surface area contributed by atoms with Gasteiger partial charge in [0.1, 0.15) is 17.4 Å². The number of aryl methyl sites for hydroxylation is 2. The van der Waals surface area contributed by atoms with E-state index in [9.17, 15) is 13.6 Å². The maximum atomic E-state index is 13.2. The Morgan fingerprint density at radius 1 is 1.23 bits per heavy atom. The van der Waals surface area contributed by atoms with Crippen molar-refractivity contribution in [3.8, 4) is 5.75 Å². The van der Waals surface area contributed by atoms with Crippen molar-refractivity contribution in [2.24, 2.45) is 7.05 Å². The number of rotatable bonds is 6. The first kappa shape index (κ1) is 18.4. The van der Waals surface area contributed by atoms with E-state index in [4.69, 9.17) is 4.74 Å². The second-order valence-electron chi connectivity index (χ2n) is 6.71. The van der Waals surface area contributed by atoms with E-state index in [2.05, 4.69) is 10.4 Å². The molecular formula is C19H23F2N3O2. The van der Waals surface area contributed by atoms with E-state index in [0.717, 1.165) is 37.4 Å². The summed E-state index contributed by atoms with van der Waals surface area (Å²) in [5.74, 6) is -1.04. The summed E-state index contributed by atoms with van der Waals surface area (Å²) in [6, 6.07) is 5.24. The molecule has 1 aromatic heterocycles. The van der Waals surface area contributed by atoms with Gasteiger partial charge in [-0.2, -0.15) is 5.10 Å². The number of hydrogen-bond donors (Lipinski definition) is 1. The van der Waals surface area contributed by atoms with E-state index in [1.165, 1.54) is 12.1 Å². The van der Waals surface area contributed by atoms with Crippen LogP contribution in [-0.4, -0.2) is 27.8 Å². The van der Waals surface area contributed by atoms with Gasteiger partial charge in [-0.05, 0) is 38.2 Å². The van der Waals surface area contributed by atoms with Gasteiger partial charge in [-0.3, -0.25) is 9.48 Å². The molecule has 1 saturated carbocycles. The predicted molar refractivity (Wildman–Crippen MR) is 92.7 cm³/mol. The van der Waals surface area contributed by atoms with Gasteiger partial charge >= 0.3 is 0 Å². The van der Waals surface area contributed by atoms with Crippen molar-refractivity contribution in [2.75, 3.05) is 0 Å². The Balaban J connectivity index is 1.40. The lowest BCUT2D eigenvalue weighted by Gasteiger charge is -2.29. The van der Waals surface area contributed by atoms with Crippen molar-refractivity contribution >= 4 is 5.91 Å². The zero-order valence-corrected chi connectivity index (χ0v) is 14.8. The van der Waals surface area contributed by atoms with Crippen LogP contribution in [-0.2, 0) is 18.3 Å². The lowest BCUT2D eigenvalue weighted by Crippen LogP contribution is -2.39. The van der Waals surface area contributed by atoms with Gasteiger partial charge in [0.25, 0.3) is 0 Å². The van der Waals surface area contributed by atoms with E-state index in [-0.39, 0.29) is 23.8 Å². The number of carbonyl (C=O) groups excluding carboxylic acids is 1. The van der Waals surface area contributed by atoms with Gasteiger partial charge < -0.3 is 10.1 Å². The lowest BCUT2D eigenvalue weighted by atomic mass is 9.92. The number of hydrogen-bond acceptors (Lipinski definition) is 3. The Bertz CT molecular complexity index is 735. The van der Waals surface area contributed by atoms with Crippen LogP contribution in [0.4, 0.5) is 8.78 Å². The number of nitrogens with zero attached hydrogens (tertiary/aromatic N) is 2. The molecule has 0 saturated heterocycles. The molecule has 1 fully saturated rings. The fraction of sp³-hybridized carbons (Fsp3) is 0.474. The number of benzene rings is 1. The summed E-state index contributed by atoms with van der Waals surface area (Å²) in [6.07, 6.45) is 5.79. The molecule has 3 rings (SSSR count). The molecule has 0 bridgehead atoms. The maximum absolute atomic E-state index is 13.2. The van der Waals surface area contributed by atoms with Crippen LogP contribution in [0.5, 0.6) is 5.75 Å². The third kappa shape index (κ3) is 5.03. The number of aromatic nitrogens is 2. The van der Waals surface area contributed by atoms with Crippen molar-refractivity contribution in [1.82, 2.24) is 15.1 Å². The third-order valence-corrected chi connectivity index (χ3v) is 4.71.